The smallest absolute Gasteiger partial charge is 0.393 e. The number of nitrogens with one attached hydrogen (secondary N) is 1. The van der Waals surface area contributed by atoms with Gasteiger partial charge in [0.05, 0.1) is 11.7 Å². The van der Waals surface area contributed by atoms with E-state index in [9.17, 15) is 23.1 Å². The van der Waals surface area contributed by atoms with Crippen molar-refractivity contribution in [3.8, 4) is 0 Å². The van der Waals surface area contributed by atoms with Crippen LogP contribution in [-0.2, 0) is 0 Å². The molecule has 1 aliphatic carbocycles. The Hall–Kier alpha value is -1.21. The van der Waals surface area contributed by atoms with Crippen molar-refractivity contribution in [1.29, 1.82) is 0 Å². The number of halogens is 3. The first kappa shape index (κ1) is 16.2. The van der Waals surface area contributed by atoms with E-state index in [0.29, 0.717) is 25.7 Å². The molecule has 0 bridgehead atoms. The largest absolute Gasteiger partial charge is 0.446 e. The molecule has 1 fully saturated rings. The van der Waals surface area contributed by atoms with Crippen molar-refractivity contribution in [1.82, 2.24) is 5.32 Å². The lowest BCUT2D eigenvalue weighted by Crippen LogP contribution is -2.38. The molecule has 1 aliphatic rings. The van der Waals surface area contributed by atoms with Gasteiger partial charge in [0.2, 0.25) is 0 Å². The minimum absolute atomic E-state index is 0.0333. The zero-order valence-electron chi connectivity index (χ0n) is 11.2. The van der Waals surface area contributed by atoms with Crippen LogP contribution >= 0.6 is 11.8 Å². The van der Waals surface area contributed by atoms with Crippen LogP contribution in [0.25, 0.3) is 0 Å². The molecule has 0 heterocycles. The summed E-state index contributed by atoms with van der Waals surface area (Å²) in [6, 6.07) is 5.60. The summed E-state index contributed by atoms with van der Waals surface area (Å²) in [5, 5.41) is 12.2. The second-order valence-corrected chi connectivity index (χ2v) is 6.13. The van der Waals surface area contributed by atoms with Crippen LogP contribution in [0, 0.1) is 0 Å². The second kappa shape index (κ2) is 6.70. The number of carbonyl (C=O) groups is 1. The van der Waals surface area contributed by atoms with Gasteiger partial charge in [-0.2, -0.15) is 13.2 Å². The molecule has 0 aliphatic heterocycles. The molecule has 0 radical (unpaired) electrons. The Labute approximate surface area is 124 Å². The van der Waals surface area contributed by atoms with Gasteiger partial charge in [-0.05, 0) is 49.6 Å². The lowest BCUT2D eigenvalue weighted by Gasteiger charge is -2.26. The normalized spacial score (nSPS) is 22.9. The van der Waals surface area contributed by atoms with Gasteiger partial charge in [-0.1, -0.05) is 12.1 Å². The molecule has 1 aromatic carbocycles. The number of aliphatic hydroxyl groups is 1. The van der Waals surface area contributed by atoms with Crippen molar-refractivity contribution in [2.45, 2.75) is 48.2 Å². The molecular formula is C14H16F3NO2S. The standard InChI is InChI=1S/C14H16F3NO2S/c15-14(16,17)21-12-4-2-1-3-11(12)13(20)18-9-5-7-10(19)8-6-9/h1-4,9-10,19H,5-8H2,(H,18,20). The van der Waals surface area contributed by atoms with Crippen LogP contribution in [-0.4, -0.2) is 28.7 Å². The number of rotatable bonds is 3. The topological polar surface area (TPSA) is 49.3 Å². The molecule has 2 rings (SSSR count). The first-order chi connectivity index (χ1) is 9.85. The first-order valence-electron chi connectivity index (χ1n) is 6.69. The molecule has 0 spiro atoms. The van der Waals surface area contributed by atoms with E-state index in [1.807, 2.05) is 0 Å². The number of aliphatic hydroxyl groups excluding tert-OH is 1. The summed E-state index contributed by atoms with van der Waals surface area (Å²) >= 11 is -0.283. The second-order valence-electron chi connectivity index (χ2n) is 5.02. The Morgan fingerprint density at radius 1 is 1.19 bits per heavy atom. The third-order valence-corrected chi connectivity index (χ3v) is 4.20. The Balaban J connectivity index is 2.05. The number of hydrogen-bond donors (Lipinski definition) is 2. The van der Waals surface area contributed by atoms with Crippen molar-refractivity contribution < 1.29 is 23.1 Å². The van der Waals surface area contributed by atoms with E-state index in [4.69, 9.17) is 0 Å². The number of thioether (sulfide) groups is 1. The number of alkyl halides is 3. The summed E-state index contributed by atoms with van der Waals surface area (Å²) in [6.07, 6.45) is 2.14. The average molecular weight is 319 g/mol. The summed E-state index contributed by atoms with van der Waals surface area (Å²) in [6.45, 7) is 0. The highest BCUT2D eigenvalue weighted by molar-refractivity contribution is 8.00. The molecule has 1 aromatic rings. The fourth-order valence-electron chi connectivity index (χ4n) is 2.35. The SMILES string of the molecule is O=C(NC1CCC(O)CC1)c1ccccc1SC(F)(F)F. The maximum atomic E-state index is 12.5. The number of amides is 1. The maximum Gasteiger partial charge on any atom is 0.446 e. The Morgan fingerprint density at radius 2 is 1.81 bits per heavy atom. The Morgan fingerprint density at radius 3 is 2.43 bits per heavy atom. The van der Waals surface area contributed by atoms with Gasteiger partial charge in [0.15, 0.2) is 0 Å². The van der Waals surface area contributed by atoms with Gasteiger partial charge in [-0.25, -0.2) is 0 Å². The highest BCUT2D eigenvalue weighted by Crippen LogP contribution is 2.38. The monoisotopic (exact) mass is 319 g/mol. The van der Waals surface area contributed by atoms with Crippen LogP contribution in [0.15, 0.2) is 29.2 Å². The highest BCUT2D eigenvalue weighted by atomic mass is 32.2. The van der Waals surface area contributed by atoms with E-state index < -0.39 is 11.4 Å². The summed E-state index contributed by atoms with van der Waals surface area (Å²) in [7, 11) is 0. The first-order valence-corrected chi connectivity index (χ1v) is 7.50. The van der Waals surface area contributed by atoms with Crippen molar-refractivity contribution in [3.05, 3.63) is 29.8 Å². The predicted molar refractivity (Wildman–Crippen MR) is 74.1 cm³/mol. The minimum atomic E-state index is -4.43. The summed E-state index contributed by atoms with van der Waals surface area (Å²) in [5.74, 6) is -0.497. The molecule has 3 nitrogen and oxygen atoms in total. The molecule has 0 aromatic heterocycles. The summed E-state index contributed by atoms with van der Waals surface area (Å²) < 4.78 is 37.5. The van der Waals surface area contributed by atoms with Gasteiger partial charge in [0.25, 0.3) is 5.91 Å². The molecule has 7 heteroatoms. The average Bonchev–Trinajstić information content (AvgIpc) is 2.40. The molecule has 0 unspecified atom stereocenters. The molecule has 0 atom stereocenters. The number of hydrogen-bond acceptors (Lipinski definition) is 3. The molecule has 116 valence electrons. The zero-order valence-corrected chi connectivity index (χ0v) is 12.0. The fraction of sp³-hybridized carbons (Fsp3) is 0.500. The van der Waals surface area contributed by atoms with Gasteiger partial charge in [0.1, 0.15) is 0 Å². The van der Waals surface area contributed by atoms with Crippen LogP contribution in [0.3, 0.4) is 0 Å². The molecule has 0 saturated heterocycles. The minimum Gasteiger partial charge on any atom is -0.393 e. The third-order valence-electron chi connectivity index (χ3n) is 3.39. The van der Waals surface area contributed by atoms with Crippen molar-refractivity contribution in [2.75, 3.05) is 0 Å². The Kier molecular flexibility index (Phi) is 5.16. The van der Waals surface area contributed by atoms with E-state index in [0.717, 1.165) is 0 Å². The third kappa shape index (κ3) is 4.93. The predicted octanol–water partition coefficient (Wildman–Crippen LogP) is 3.33. The van der Waals surface area contributed by atoms with Gasteiger partial charge < -0.3 is 10.4 Å². The van der Waals surface area contributed by atoms with Crippen molar-refractivity contribution >= 4 is 17.7 Å². The number of benzene rings is 1. The lowest BCUT2D eigenvalue weighted by molar-refractivity contribution is -0.0328. The molecule has 1 saturated carbocycles. The zero-order chi connectivity index (χ0) is 15.5. The summed E-state index contributed by atoms with van der Waals surface area (Å²) in [4.78, 5) is 12.0. The Bertz CT molecular complexity index is 499. The number of carbonyl (C=O) groups excluding carboxylic acids is 1. The van der Waals surface area contributed by atoms with E-state index >= 15 is 0 Å². The van der Waals surface area contributed by atoms with Crippen LogP contribution < -0.4 is 5.32 Å². The fourth-order valence-corrected chi connectivity index (χ4v) is 3.02. The molecule has 1 amide bonds. The molecule has 21 heavy (non-hydrogen) atoms. The van der Waals surface area contributed by atoms with E-state index in [2.05, 4.69) is 5.32 Å². The van der Waals surface area contributed by atoms with Crippen LogP contribution in [0.5, 0.6) is 0 Å². The summed E-state index contributed by atoms with van der Waals surface area (Å²) in [5.41, 5.74) is -4.39. The van der Waals surface area contributed by atoms with Crippen molar-refractivity contribution in [2.24, 2.45) is 0 Å². The highest BCUT2D eigenvalue weighted by Gasteiger charge is 2.31. The van der Waals surface area contributed by atoms with E-state index in [-0.39, 0.29) is 34.4 Å². The van der Waals surface area contributed by atoms with Gasteiger partial charge in [0, 0.05) is 10.9 Å². The van der Waals surface area contributed by atoms with Gasteiger partial charge in [-0.15, -0.1) is 0 Å². The molecule has 2 N–H and O–H groups in total. The maximum absolute atomic E-state index is 12.5. The van der Waals surface area contributed by atoms with E-state index in [1.165, 1.54) is 18.2 Å². The van der Waals surface area contributed by atoms with Gasteiger partial charge in [-0.3, -0.25) is 4.79 Å². The van der Waals surface area contributed by atoms with E-state index in [1.54, 1.807) is 6.07 Å². The quantitative estimate of drug-likeness (QED) is 0.840. The van der Waals surface area contributed by atoms with Crippen LogP contribution in [0.4, 0.5) is 13.2 Å². The lowest BCUT2D eigenvalue weighted by atomic mass is 9.93. The van der Waals surface area contributed by atoms with Crippen LogP contribution in [0.2, 0.25) is 0 Å². The van der Waals surface area contributed by atoms with Gasteiger partial charge >= 0.3 is 5.51 Å². The van der Waals surface area contributed by atoms with Crippen molar-refractivity contribution in [3.63, 3.8) is 0 Å². The molecular weight excluding hydrogens is 303 g/mol. The van der Waals surface area contributed by atoms with Crippen LogP contribution in [0.1, 0.15) is 36.0 Å².